The Kier molecular flexibility index (Phi) is 6.08. The largest absolute Gasteiger partial charge is 0.493 e. The number of carbonyl (C=O) groups excluding carboxylic acids is 1. The lowest BCUT2D eigenvalue weighted by atomic mass is 10.1. The molecule has 1 fully saturated rings. The van der Waals surface area contributed by atoms with Gasteiger partial charge in [0.2, 0.25) is 0 Å². The Morgan fingerprint density at radius 2 is 2.00 bits per heavy atom. The lowest BCUT2D eigenvalue weighted by Gasteiger charge is -2.15. The molecule has 1 aromatic heterocycles. The minimum Gasteiger partial charge on any atom is -0.493 e. The van der Waals surface area contributed by atoms with E-state index in [1.807, 2.05) is 42.8 Å². The highest BCUT2D eigenvalue weighted by Gasteiger charge is 2.28. The third kappa shape index (κ3) is 4.80. The van der Waals surface area contributed by atoms with Crippen LogP contribution in [0.4, 0.5) is 5.69 Å². The fourth-order valence-corrected chi connectivity index (χ4v) is 3.36. The van der Waals surface area contributed by atoms with Gasteiger partial charge < -0.3 is 14.8 Å². The molecule has 0 unspecified atom stereocenters. The number of rotatable bonds is 8. The molecule has 0 radical (unpaired) electrons. The van der Waals surface area contributed by atoms with Crippen molar-refractivity contribution in [3.8, 4) is 22.9 Å². The number of benzene rings is 2. The van der Waals surface area contributed by atoms with Crippen LogP contribution in [0.3, 0.4) is 0 Å². The first kappa shape index (κ1) is 21.1. The van der Waals surface area contributed by atoms with E-state index in [1.54, 1.807) is 12.1 Å². The van der Waals surface area contributed by atoms with Crippen LogP contribution >= 0.6 is 11.6 Å². The van der Waals surface area contributed by atoms with Gasteiger partial charge in [0.05, 0.1) is 24.8 Å². The standard InChI is InChI=1S/C22H24ClN5O3/c1-13(2)12-31-20-18(23)10-15(11-19(20)30-3)22(29)24-16-6-4-14(5-7-16)21-25-26-27-28(21)17-8-9-17/h4-7,10-11,13,17H,8-9,12H2,1-3H3,(H,24,29). The third-order valence-corrected chi connectivity index (χ3v) is 5.12. The number of hydrogen-bond acceptors (Lipinski definition) is 6. The maximum absolute atomic E-state index is 12.8. The predicted molar refractivity (Wildman–Crippen MR) is 118 cm³/mol. The zero-order chi connectivity index (χ0) is 22.0. The highest BCUT2D eigenvalue weighted by Crippen LogP contribution is 2.38. The summed E-state index contributed by atoms with van der Waals surface area (Å²) in [6.45, 7) is 4.58. The number of ether oxygens (including phenoxy) is 2. The number of halogens is 1. The molecule has 0 atom stereocenters. The molecule has 1 N–H and O–H groups in total. The van der Waals surface area contributed by atoms with E-state index in [4.69, 9.17) is 21.1 Å². The SMILES string of the molecule is COc1cc(C(=O)Nc2ccc(-c3nnnn3C3CC3)cc2)cc(Cl)c1OCC(C)C. The number of methoxy groups -OCH3 is 1. The topological polar surface area (TPSA) is 91.2 Å². The molecule has 1 aliphatic rings. The number of amides is 1. The molecule has 1 saturated carbocycles. The molecule has 162 valence electrons. The number of hydrogen-bond donors (Lipinski definition) is 1. The van der Waals surface area contributed by atoms with Gasteiger partial charge in [0.25, 0.3) is 5.91 Å². The normalized spacial score (nSPS) is 13.3. The molecule has 1 amide bonds. The summed E-state index contributed by atoms with van der Waals surface area (Å²) in [5.74, 6) is 1.62. The van der Waals surface area contributed by atoms with Crippen molar-refractivity contribution in [3.63, 3.8) is 0 Å². The fraction of sp³-hybridized carbons (Fsp3) is 0.364. The van der Waals surface area contributed by atoms with Gasteiger partial charge in [0.1, 0.15) is 0 Å². The van der Waals surface area contributed by atoms with Crippen molar-refractivity contribution in [3.05, 3.63) is 47.0 Å². The van der Waals surface area contributed by atoms with Crippen LogP contribution in [-0.4, -0.2) is 39.8 Å². The van der Waals surface area contributed by atoms with Gasteiger partial charge in [0.15, 0.2) is 17.3 Å². The summed E-state index contributed by atoms with van der Waals surface area (Å²) in [4.78, 5) is 12.8. The summed E-state index contributed by atoms with van der Waals surface area (Å²) in [6.07, 6.45) is 2.19. The summed E-state index contributed by atoms with van der Waals surface area (Å²) in [7, 11) is 1.52. The Morgan fingerprint density at radius 1 is 1.26 bits per heavy atom. The van der Waals surface area contributed by atoms with Crippen LogP contribution < -0.4 is 14.8 Å². The smallest absolute Gasteiger partial charge is 0.255 e. The zero-order valence-electron chi connectivity index (χ0n) is 17.6. The van der Waals surface area contributed by atoms with Crippen LogP contribution in [0.25, 0.3) is 11.4 Å². The summed E-state index contributed by atoms with van der Waals surface area (Å²) < 4.78 is 13.0. The Labute approximate surface area is 185 Å². The lowest BCUT2D eigenvalue weighted by molar-refractivity contribution is 0.102. The fourth-order valence-electron chi connectivity index (χ4n) is 3.10. The molecule has 8 nitrogen and oxygen atoms in total. The minimum absolute atomic E-state index is 0.300. The van der Waals surface area contributed by atoms with Gasteiger partial charge in [-0.2, -0.15) is 0 Å². The second-order valence-electron chi connectivity index (χ2n) is 7.90. The van der Waals surface area contributed by atoms with E-state index in [0.29, 0.717) is 46.3 Å². The second-order valence-corrected chi connectivity index (χ2v) is 8.31. The number of carbonyl (C=O) groups is 1. The van der Waals surface area contributed by atoms with Gasteiger partial charge in [-0.1, -0.05) is 25.4 Å². The average molecular weight is 442 g/mol. The van der Waals surface area contributed by atoms with Gasteiger partial charge in [-0.15, -0.1) is 5.10 Å². The molecule has 2 aromatic carbocycles. The lowest BCUT2D eigenvalue weighted by Crippen LogP contribution is -2.13. The Hall–Kier alpha value is -3.13. The minimum atomic E-state index is -0.300. The zero-order valence-corrected chi connectivity index (χ0v) is 18.4. The van der Waals surface area contributed by atoms with Gasteiger partial charge >= 0.3 is 0 Å². The quantitative estimate of drug-likeness (QED) is 0.548. The van der Waals surface area contributed by atoms with E-state index in [2.05, 4.69) is 20.8 Å². The van der Waals surface area contributed by atoms with E-state index < -0.39 is 0 Å². The Balaban J connectivity index is 1.49. The van der Waals surface area contributed by atoms with Gasteiger partial charge in [-0.05, 0) is 65.6 Å². The second kappa shape index (κ2) is 8.93. The molecular formula is C22H24ClN5O3. The number of nitrogens with one attached hydrogen (secondary N) is 1. The molecule has 0 bridgehead atoms. The van der Waals surface area contributed by atoms with Crippen LogP contribution in [0.15, 0.2) is 36.4 Å². The average Bonchev–Trinajstić information content (AvgIpc) is 3.49. The van der Waals surface area contributed by atoms with Crippen molar-refractivity contribution in [2.45, 2.75) is 32.7 Å². The molecule has 31 heavy (non-hydrogen) atoms. The van der Waals surface area contributed by atoms with Crippen molar-refractivity contribution < 1.29 is 14.3 Å². The molecule has 1 heterocycles. The molecule has 9 heteroatoms. The third-order valence-electron chi connectivity index (χ3n) is 4.84. The predicted octanol–water partition coefficient (Wildman–Crippen LogP) is 4.62. The van der Waals surface area contributed by atoms with Crippen LogP contribution in [0, 0.1) is 5.92 Å². The van der Waals surface area contributed by atoms with Crippen molar-refractivity contribution in [2.75, 3.05) is 19.0 Å². The van der Waals surface area contributed by atoms with E-state index >= 15 is 0 Å². The molecule has 3 aromatic rings. The van der Waals surface area contributed by atoms with Gasteiger partial charge in [-0.25, -0.2) is 4.68 Å². The highest BCUT2D eigenvalue weighted by atomic mass is 35.5. The summed E-state index contributed by atoms with van der Waals surface area (Å²) in [6, 6.07) is 11.0. The highest BCUT2D eigenvalue weighted by molar-refractivity contribution is 6.32. The first-order valence-corrected chi connectivity index (χ1v) is 10.5. The van der Waals surface area contributed by atoms with Crippen molar-refractivity contribution in [2.24, 2.45) is 5.92 Å². The first-order chi connectivity index (χ1) is 15.0. The van der Waals surface area contributed by atoms with Gasteiger partial charge in [-0.3, -0.25) is 4.79 Å². The number of tetrazole rings is 1. The molecule has 0 aliphatic heterocycles. The number of aromatic nitrogens is 4. The molecule has 1 aliphatic carbocycles. The van der Waals surface area contributed by atoms with E-state index in [0.717, 1.165) is 24.2 Å². The van der Waals surface area contributed by atoms with Crippen molar-refractivity contribution in [1.82, 2.24) is 20.2 Å². The summed E-state index contributed by atoms with van der Waals surface area (Å²) >= 11 is 6.36. The number of anilines is 1. The van der Waals surface area contributed by atoms with Gasteiger partial charge in [0, 0.05) is 16.8 Å². The maximum atomic E-state index is 12.8. The summed E-state index contributed by atoms with van der Waals surface area (Å²) in [5, 5.41) is 15.2. The molecule has 0 saturated heterocycles. The molecule has 4 rings (SSSR count). The Bertz CT molecular complexity index is 1080. The Morgan fingerprint density at radius 3 is 2.65 bits per heavy atom. The van der Waals surface area contributed by atoms with Crippen LogP contribution in [-0.2, 0) is 0 Å². The summed E-state index contributed by atoms with van der Waals surface area (Å²) in [5.41, 5.74) is 1.92. The first-order valence-electron chi connectivity index (χ1n) is 10.2. The van der Waals surface area contributed by atoms with Crippen LogP contribution in [0.1, 0.15) is 43.1 Å². The number of nitrogens with zero attached hydrogens (tertiary/aromatic N) is 4. The van der Waals surface area contributed by atoms with E-state index in [-0.39, 0.29) is 5.91 Å². The van der Waals surface area contributed by atoms with Crippen molar-refractivity contribution >= 4 is 23.2 Å². The maximum Gasteiger partial charge on any atom is 0.255 e. The van der Waals surface area contributed by atoms with Crippen molar-refractivity contribution in [1.29, 1.82) is 0 Å². The van der Waals surface area contributed by atoms with E-state index in [1.165, 1.54) is 7.11 Å². The van der Waals surface area contributed by atoms with E-state index in [9.17, 15) is 4.79 Å². The monoisotopic (exact) mass is 441 g/mol. The van der Waals surface area contributed by atoms with Crippen LogP contribution in [0.5, 0.6) is 11.5 Å². The molecule has 0 spiro atoms. The van der Waals surface area contributed by atoms with Crippen LogP contribution in [0.2, 0.25) is 5.02 Å². The molecular weight excluding hydrogens is 418 g/mol.